The molecule has 0 saturated carbocycles. The molecule has 1 aromatic carbocycles. The number of nitrogens with zero attached hydrogens (tertiary/aromatic N) is 2. The highest BCUT2D eigenvalue weighted by molar-refractivity contribution is 7.12. The number of nitro benzene ring substituents is 1. The van der Waals surface area contributed by atoms with Crippen molar-refractivity contribution in [1.82, 2.24) is 9.88 Å². The van der Waals surface area contributed by atoms with Crippen LogP contribution in [0.1, 0.15) is 9.67 Å². The van der Waals surface area contributed by atoms with Crippen LogP contribution in [0.2, 0.25) is 0 Å². The number of nitrogens with one attached hydrogen (secondary N) is 2. The molecular weight excluding hydrogens is 340 g/mol. The fourth-order valence-corrected chi connectivity index (χ4v) is 3.14. The lowest BCUT2D eigenvalue weighted by Gasteiger charge is -2.09. The van der Waals surface area contributed by atoms with Crippen molar-refractivity contribution in [2.75, 3.05) is 18.4 Å². The number of carbonyl (C=O) groups excluding carboxylic acids is 1. The Morgan fingerprint density at radius 3 is 2.52 bits per heavy atom. The van der Waals surface area contributed by atoms with E-state index in [0.29, 0.717) is 18.0 Å². The number of hydrogen-bond acceptors (Lipinski definition) is 5. The minimum absolute atomic E-state index is 0.0501. The average Bonchev–Trinajstić information content (AvgIpc) is 3.29. The van der Waals surface area contributed by atoms with Gasteiger partial charge in [-0.3, -0.25) is 14.9 Å². The molecule has 0 atom stereocenters. The normalized spacial score (nSPS) is 10.4. The molecule has 1 amide bonds. The van der Waals surface area contributed by atoms with E-state index in [-0.39, 0.29) is 11.6 Å². The first-order chi connectivity index (χ1) is 12.1. The van der Waals surface area contributed by atoms with Crippen LogP contribution in [0.5, 0.6) is 0 Å². The Balaban J connectivity index is 1.50. The molecular formula is C17H16N4O3S. The number of thiophene rings is 1. The van der Waals surface area contributed by atoms with Gasteiger partial charge in [0.2, 0.25) is 0 Å². The second-order valence-electron chi connectivity index (χ2n) is 5.21. The summed E-state index contributed by atoms with van der Waals surface area (Å²) in [4.78, 5) is 23.2. The highest BCUT2D eigenvalue weighted by atomic mass is 32.1. The molecule has 0 fully saturated rings. The molecule has 25 heavy (non-hydrogen) atoms. The predicted octanol–water partition coefficient (Wildman–Crippen LogP) is 3.29. The Labute approximate surface area is 148 Å². The smallest absolute Gasteiger partial charge is 0.269 e. The van der Waals surface area contributed by atoms with Crippen LogP contribution in [0.4, 0.5) is 11.4 Å². The van der Waals surface area contributed by atoms with Gasteiger partial charge in [-0.25, -0.2) is 0 Å². The minimum Gasteiger partial charge on any atom is -0.383 e. The zero-order chi connectivity index (χ0) is 17.6. The molecule has 0 aliphatic rings. The van der Waals surface area contributed by atoms with E-state index >= 15 is 0 Å². The van der Waals surface area contributed by atoms with Crippen molar-refractivity contribution in [3.63, 3.8) is 0 Å². The van der Waals surface area contributed by atoms with Crippen molar-refractivity contribution in [3.05, 3.63) is 75.2 Å². The summed E-state index contributed by atoms with van der Waals surface area (Å²) in [6, 6.07) is 11.9. The lowest BCUT2D eigenvalue weighted by atomic mass is 10.3. The number of benzene rings is 1. The van der Waals surface area contributed by atoms with Crippen LogP contribution >= 0.6 is 11.3 Å². The molecule has 8 heteroatoms. The van der Waals surface area contributed by atoms with Gasteiger partial charge < -0.3 is 15.2 Å². The fourth-order valence-electron chi connectivity index (χ4n) is 2.33. The summed E-state index contributed by atoms with van der Waals surface area (Å²) < 4.78 is 1.90. The molecule has 2 aromatic heterocycles. The van der Waals surface area contributed by atoms with E-state index in [4.69, 9.17) is 0 Å². The second-order valence-corrected chi connectivity index (χ2v) is 6.13. The lowest BCUT2D eigenvalue weighted by molar-refractivity contribution is -0.384. The highest BCUT2D eigenvalue weighted by Crippen LogP contribution is 2.21. The monoisotopic (exact) mass is 356 g/mol. The summed E-state index contributed by atoms with van der Waals surface area (Å²) >= 11 is 1.40. The van der Waals surface area contributed by atoms with Crippen molar-refractivity contribution in [2.45, 2.75) is 0 Å². The molecule has 0 bridgehead atoms. The number of nitro groups is 1. The van der Waals surface area contributed by atoms with Crippen LogP contribution in [-0.2, 0) is 0 Å². The van der Waals surface area contributed by atoms with Crippen molar-refractivity contribution in [2.24, 2.45) is 0 Å². The van der Waals surface area contributed by atoms with Crippen LogP contribution in [0.25, 0.3) is 5.69 Å². The molecule has 0 aliphatic carbocycles. The van der Waals surface area contributed by atoms with Crippen molar-refractivity contribution in [1.29, 1.82) is 0 Å². The van der Waals surface area contributed by atoms with Crippen LogP contribution in [0.3, 0.4) is 0 Å². The van der Waals surface area contributed by atoms with Gasteiger partial charge in [0.15, 0.2) is 0 Å². The molecule has 7 nitrogen and oxygen atoms in total. The van der Waals surface area contributed by atoms with Crippen molar-refractivity contribution < 1.29 is 9.72 Å². The fraction of sp³-hybridized carbons (Fsp3) is 0.118. The third kappa shape index (κ3) is 4.04. The maximum Gasteiger partial charge on any atom is 0.269 e. The number of aromatic nitrogens is 1. The summed E-state index contributed by atoms with van der Waals surface area (Å²) in [5.41, 5.74) is 1.67. The molecule has 0 unspecified atom stereocenters. The Kier molecular flexibility index (Phi) is 5.10. The van der Waals surface area contributed by atoms with E-state index < -0.39 is 4.92 Å². The summed E-state index contributed by atoms with van der Waals surface area (Å²) in [7, 11) is 0. The molecule has 3 rings (SSSR count). The number of non-ortho nitro benzene ring substituents is 1. The molecule has 128 valence electrons. The standard InChI is InChI=1S/C17H16N4O3S/c22-17(16-15(7-12-25-16)20-10-1-2-11-20)19-9-8-18-13-3-5-14(6-4-13)21(23)24/h1-7,10-12,18H,8-9H2,(H,19,22). The van der Waals surface area contributed by atoms with E-state index in [9.17, 15) is 14.9 Å². The minimum atomic E-state index is -0.437. The van der Waals surface area contributed by atoms with Gasteiger partial charge >= 0.3 is 0 Å². The highest BCUT2D eigenvalue weighted by Gasteiger charge is 2.13. The van der Waals surface area contributed by atoms with E-state index in [1.54, 1.807) is 12.1 Å². The van der Waals surface area contributed by atoms with Gasteiger partial charge in [0, 0.05) is 43.3 Å². The Hall–Kier alpha value is -3.13. The largest absolute Gasteiger partial charge is 0.383 e. The molecule has 0 aliphatic heterocycles. The Bertz CT molecular complexity index is 856. The van der Waals surface area contributed by atoms with Crippen molar-refractivity contribution >= 4 is 28.6 Å². The third-order valence-corrected chi connectivity index (χ3v) is 4.45. The average molecular weight is 356 g/mol. The van der Waals surface area contributed by atoms with Crippen LogP contribution in [-0.4, -0.2) is 28.5 Å². The van der Waals surface area contributed by atoms with Crippen LogP contribution in [0, 0.1) is 10.1 Å². The van der Waals surface area contributed by atoms with Gasteiger partial charge in [-0.2, -0.15) is 0 Å². The topological polar surface area (TPSA) is 89.2 Å². The first kappa shape index (κ1) is 16.7. The van der Waals surface area contributed by atoms with E-state index in [2.05, 4.69) is 10.6 Å². The summed E-state index contributed by atoms with van der Waals surface area (Å²) in [6.07, 6.45) is 3.80. The molecule has 0 radical (unpaired) electrons. The van der Waals surface area contributed by atoms with Gasteiger partial charge in [0.1, 0.15) is 4.88 Å². The number of anilines is 1. The molecule has 3 aromatic rings. The van der Waals surface area contributed by atoms with Crippen molar-refractivity contribution in [3.8, 4) is 5.69 Å². The predicted molar refractivity (Wildman–Crippen MR) is 97.6 cm³/mol. The summed E-state index contributed by atoms with van der Waals surface area (Å²) in [5, 5.41) is 18.5. The Morgan fingerprint density at radius 2 is 1.84 bits per heavy atom. The van der Waals surface area contributed by atoms with Crippen LogP contribution in [0.15, 0.2) is 60.2 Å². The zero-order valence-corrected chi connectivity index (χ0v) is 14.0. The number of rotatable bonds is 7. The van der Waals surface area contributed by atoms with Crippen LogP contribution < -0.4 is 10.6 Å². The first-order valence-electron chi connectivity index (χ1n) is 7.62. The maximum atomic E-state index is 12.3. The third-order valence-electron chi connectivity index (χ3n) is 3.55. The second kappa shape index (κ2) is 7.63. The first-order valence-corrected chi connectivity index (χ1v) is 8.50. The lowest BCUT2D eigenvalue weighted by Crippen LogP contribution is -2.28. The van der Waals surface area contributed by atoms with Gasteiger partial charge in [-0.1, -0.05) is 0 Å². The molecule has 0 saturated heterocycles. The van der Waals surface area contributed by atoms with Gasteiger partial charge in [0.05, 0.1) is 10.6 Å². The number of carbonyl (C=O) groups is 1. The quantitative estimate of drug-likeness (QED) is 0.386. The van der Waals surface area contributed by atoms with E-state index in [0.717, 1.165) is 11.4 Å². The maximum absolute atomic E-state index is 12.3. The molecule has 0 spiro atoms. The SMILES string of the molecule is O=C(NCCNc1ccc([N+](=O)[O-])cc1)c1sccc1-n1cccc1. The summed E-state index contributed by atoms with van der Waals surface area (Å²) in [5.74, 6) is -0.121. The Morgan fingerprint density at radius 1 is 1.12 bits per heavy atom. The molecule has 2 N–H and O–H groups in total. The van der Waals surface area contributed by atoms with E-state index in [1.807, 2.05) is 40.5 Å². The number of amides is 1. The number of hydrogen-bond donors (Lipinski definition) is 2. The molecule has 2 heterocycles. The summed E-state index contributed by atoms with van der Waals surface area (Å²) in [6.45, 7) is 0.965. The van der Waals surface area contributed by atoms with E-state index in [1.165, 1.54) is 23.5 Å². The van der Waals surface area contributed by atoms with Gasteiger partial charge in [0.25, 0.3) is 11.6 Å². The van der Waals surface area contributed by atoms with Gasteiger partial charge in [-0.05, 0) is 35.7 Å². The zero-order valence-electron chi connectivity index (χ0n) is 13.2. The van der Waals surface area contributed by atoms with Gasteiger partial charge in [-0.15, -0.1) is 11.3 Å².